The van der Waals surface area contributed by atoms with Crippen molar-refractivity contribution in [3.63, 3.8) is 0 Å². The molecule has 0 aromatic carbocycles. The molecule has 1 rings (SSSR count). The van der Waals surface area contributed by atoms with Crippen LogP contribution in [-0.4, -0.2) is 18.9 Å². The van der Waals surface area contributed by atoms with Crippen LogP contribution in [0.2, 0.25) is 0 Å². The maximum atomic E-state index is 12.1. The largest absolute Gasteiger partial charge is 0.356 e. The molecule has 64 valence electrons. The van der Waals surface area contributed by atoms with Crippen LogP contribution in [0.15, 0.2) is 0 Å². The molecule has 0 saturated carbocycles. The predicted molar refractivity (Wildman–Crippen MR) is 36.3 cm³/mol. The van der Waals surface area contributed by atoms with Gasteiger partial charge in [-0.15, -0.1) is 0 Å². The molecule has 0 spiro atoms. The molecular formula is C7H11F2NO. The summed E-state index contributed by atoms with van der Waals surface area (Å²) < 4.78 is 24.1. The zero-order valence-electron chi connectivity index (χ0n) is 6.31. The van der Waals surface area contributed by atoms with Crippen molar-refractivity contribution in [1.82, 2.24) is 5.32 Å². The molecule has 2 nitrogen and oxygen atoms in total. The van der Waals surface area contributed by atoms with Gasteiger partial charge in [-0.3, -0.25) is 4.79 Å². The van der Waals surface area contributed by atoms with Gasteiger partial charge >= 0.3 is 0 Å². The first kappa shape index (κ1) is 8.43. The summed E-state index contributed by atoms with van der Waals surface area (Å²) in [6.45, 7) is 1.89. The van der Waals surface area contributed by atoms with Gasteiger partial charge in [-0.25, -0.2) is 8.78 Å². The Labute approximate surface area is 64.0 Å². The minimum atomic E-state index is -2.31. The van der Waals surface area contributed by atoms with Crippen LogP contribution in [0.5, 0.6) is 0 Å². The summed E-state index contributed by atoms with van der Waals surface area (Å²) in [6, 6.07) is 0. The highest BCUT2D eigenvalue weighted by atomic mass is 19.3. The van der Waals surface area contributed by atoms with Crippen molar-refractivity contribution in [2.75, 3.05) is 6.54 Å². The SMILES string of the molecule is C[C@@H](C(F)F)[C@H]1CNC(=O)C1. The predicted octanol–water partition coefficient (Wildman–Crippen LogP) is 1.02. The number of alkyl halides is 2. The number of carbonyl (C=O) groups is 1. The van der Waals surface area contributed by atoms with Gasteiger partial charge < -0.3 is 5.32 Å². The van der Waals surface area contributed by atoms with Gasteiger partial charge in [0.25, 0.3) is 0 Å². The smallest absolute Gasteiger partial charge is 0.241 e. The van der Waals surface area contributed by atoms with Crippen molar-refractivity contribution in [2.45, 2.75) is 19.8 Å². The number of hydrogen-bond acceptors (Lipinski definition) is 1. The number of rotatable bonds is 2. The average molecular weight is 163 g/mol. The highest BCUT2D eigenvalue weighted by molar-refractivity contribution is 5.78. The second kappa shape index (κ2) is 3.15. The van der Waals surface area contributed by atoms with Gasteiger partial charge in [-0.2, -0.15) is 0 Å². The topological polar surface area (TPSA) is 29.1 Å². The summed E-state index contributed by atoms with van der Waals surface area (Å²) in [5.41, 5.74) is 0. The first-order valence-corrected chi connectivity index (χ1v) is 3.66. The van der Waals surface area contributed by atoms with Crippen LogP contribution in [0.1, 0.15) is 13.3 Å². The average Bonchev–Trinajstić information content (AvgIpc) is 2.34. The fraction of sp³-hybridized carbons (Fsp3) is 0.857. The molecule has 1 saturated heterocycles. The van der Waals surface area contributed by atoms with E-state index in [2.05, 4.69) is 5.32 Å². The van der Waals surface area contributed by atoms with Crippen LogP contribution >= 0.6 is 0 Å². The first-order chi connectivity index (χ1) is 5.11. The zero-order chi connectivity index (χ0) is 8.43. The second-order valence-electron chi connectivity index (χ2n) is 2.96. The maximum Gasteiger partial charge on any atom is 0.241 e. The Morgan fingerprint density at radius 3 is 2.64 bits per heavy atom. The molecule has 1 heterocycles. The monoisotopic (exact) mass is 163 g/mol. The van der Waals surface area contributed by atoms with E-state index in [1.165, 1.54) is 6.92 Å². The Bertz CT molecular complexity index is 161. The molecule has 1 N–H and O–H groups in total. The van der Waals surface area contributed by atoms with Crippen LogP contribution in [0, 0.1) is 11.8 Å². The minimum Gasteiger partial charge on any atom is -0.356 e. The Balaban J connectivity index is 2.43. The maximum absolute atomic E-state index is 12.1. The fourth-order valence-corrected chi connectivity index (χ4v) is 1.20. The number of hydrogen-bond donors (Lipinski definition) is 1. The second-order valence-corrected chi connectivity index (χ2v) is 2.96. The standard InChI is InChI=1S/C7H11F2NO/c1-4(7(8)9)5-2-6(11)10-3-5/h4-5,7H,2-3H2,1H3,(H,10,11)/t4-,5-/m1/s1. The summed E-state index contributed by atoms with van der Waals surface area (Å²) in [5.74, 6) is -0.959. The van der Waals surface area contributed by atoms with Gasteiger partial charge in [-0.1, -0.05) is 6.92 Å². The Hall–Kier alpha value is -0.670. The highest BCUT2D eigenvalue weighted by Crippen LogP contribution is 2.24. The van der Waals surface area contributed by atoms with E-state index in [1.54, 1.807) is 0 Å². The van der Waals surface area contributed by atoms with E-state index < -0.39 is 12.3 Å². The zero-order valence-corrected chi connectivity index (χ0v) is 6.31. The van der Waals surface area contributed by atoms with E-state index >= 15 is 0 Å². The lowest BCUT2D eigenvalue weighted by Gasteiger charge is -2.15. The van der Waals surface area contributed by atoms with Crippen LogP contribution in [0.4, 0.5) is 8.78 Å². The fourth-order valence-electron chi connectivity index (χ4n) is 1.20. The van der Waals surface area contributed by atoms with E-state index in [1.807, 2.05) is 0 Å². The van der Waals surface area contributed by atoms with E-state index in [0.29, 0.717) is 6.54 Å². The van der Waals surface area contributed by atoms with Crippen LogP contribution in [0.3, 0.4) is 0 Å². The highest BCUT2D eigenvalue weighted by Gasteiger charge is 2.31. The Morgan fingerprint density at radius 1 is 1.64 bits per heavy atom. The lowest BCUT2D eigenvalue weighted by atomic mass is 9.94. The number of halogens is 2. The molecule has 2 atom stereocenters. The third kappa shape index (κ3) is 1.88. The molecule has 0 unspecified atom stereocenters. The summed E-state index contributed by atoms with van der Waals surface area (Å²) in [6.07, 6.45) is -2.06. The molecule has 11 heavy (non-hydrogen) atoms. The number of nitrogens with one attached hydrogen (secondary N) is 1. The molecule has 1 aliphatic heterocycles. The van der Waals surface area contributed by atoms with E-state index in [4.69, 9.17) is 0 Å². The quantitative estimate of drug-likeness (QED) is 0.647. The Kier molecular flexibility index (Phi) is 2.42. The lowest BCUT2D eigenvalue weighted by Crippen LogP contribution is -2.21. The molecule has 1 aliphatic rings. The van der Waals surface area contributed by atoms with Gasteiger partial charge in [0.05, 0.1) is 0 Å². The normalized spacial score (nSPS) is 27.3. The van der Waals surface area contributed by atoms with Crippen LogP contribution in [0.25, 0.3) is 0 Å². The van der Waals surface area contributed by atoms with Gasteiger partial charge in [0.15, 0.2) is 0 Å². The van der Waals surface area contributed by atoms with Gasteiger partial charge in [-0.05, 0) is 5.92 Å². The van der Waals surface area contributed by atoms with Gasteiger partial charge in [0, 0.05) is 18.9 Å². The van der Waals surface area contributed by atoms with Gasteiger partial charge in [0.2, 0.25) is 12.3 Å². The Morgan fingerprint density at radius 2 is 2.27 bits per heavy atom. The molecule has 4 heteroatoms. The number of amides is 1. The summed E-state index contributed by atoms with van der Waals surface area (Å²) in [5, 5.41) is 2.53. The third-order valence-electron chi connectivity index (χ3n) is 2.15. The van der Waals surface area contributed by atoms with Crippen LogP contribution in [-0.2, 0) is 4.79 Å². The molecule has 1 amide bonds. The van der Waals surface area contributed by atoms with Gasteiger partial charge in [0.1, 0.15) is 0 Å². The lowest BCUT2D eigenvalue weighted by molar-refractivity contribution is -0.119. The van der Waals surface area contributed by atoms with Crippen molar-refractivity contribution in [3.05, 3.63) is 0 Å². The first-order valence-electron chi connectivity index (χ1n) is 3.66. The van der Waals surface area contributed by atoms with E-state index in [0.717, 1.165) is 0 Å². The van der Waals surface area contributed by atoms with E-state index in [9.17, 15) is 13.6 Å². The molecule has 0 bridgehead atoms. The van der Waals surface area contributed by atoms with Crippen molar-refractivity contribution in [2.24, 2.45) is 11.8 Å². The van der Waals surface area contributed by atoms with Crippen molar-refractivity contribution >= 4 is 5.91 Å². The van der Waals surface area contributed by atoms with Crippen LogP contribution < -0.4 is 5.32 Å². The van der Waals surface area contributed by atoms with Crippen molar-refractivity contribution < 1.29 is 13.6 Å². The molecule has 0 radical (unpaired) electrons. The molecule has 1 fully saturated rings. The molecule has 0 aliphatic carbocycles. The number of carbonyl (C=O) groups excluding carboxylic acids is 1. The third-order valence-corrected chi connectivity index (χ3v) is 2.15. The van der Waals surface area contributed by atoms with Crippen molar-refractivity contribution in [1.29, 1.82) is 0 Å². The summed E-state index contributed by atoms with van der Waals surface area (Å²) in [4.78, 5) is 10.6. The molecule has 0 aromatic rings. The van der Waals surface area contributed by atoms with Crippen molar-refractivity contribution in [3.8, 4) is 0 Å². The summed E-state index contributed by atoms with van der Waals surface area (Å²) in [7, 11) is 0. The minimum absolute atomic E-state index is 0.109. The molecule has 0 aromatic heterocycles. The van der Waals surface area contributed by atoms with E-state index in [-0.39, 0.29) is 18.2 Å². The molecular weight excluding hydrogens is 152 g/mol. The summed E-state index contributed by atoms with van der Waals surface area (Å²) >= 11 is 0.